The Morgan fingerprint density at radius 2 is 1.90 bits per heavy atom. The quantitative estimate of drug-likeness (QED) is 0.903. The number of likely N-dealkylation sites (tertiary alicyclic amines) is 1. The number of piperidine rings is 1. The van der Waals surface area contributed by atoms with Gasteiger partial charge in [0.25, 0.3) is 0 Å². The van der Waals surface area contributed by atoms with E-state index in [0.29, 0.717) is 6.04 Å². The Hall–Kier alpha value is -0.860. The normalized spacial score (nSPS) is 21.1. The fourth-order valence-electron chi connectivity index (χ4n) is 2.89. The summed E-state index contributed by atoms with van der Waals surface area (Å²) in [5.41, 5.74) is 3.06. The van der Waals surface area contributed by atoms with Crippen molar-refractivity contribution in [2.75, 3.05) is 19.6 Å². The van der Waals surface area contributed by atoms with Crippen molar-refractivity contribution < 1.29 is 0 Å². The van der Waals surface area contributed by atoms with Gasteiger partial charge in [-0.2, -0.15) is 0 Å². The summed E-state index contributed by atoms with van der Waals surface area (Å²) in [6, 6.07) is 9.75. The first-order valence-corrected chi connectivity index (χ1v) is 8.04. The van der Waals surface area contributed by atoms with E-state index in [1.165, 1.54) is 43.6 Å². The van der Waals surface area contributed by atoms with Crippen LogP contribution in [-0.2, 0) is 12.0 Å². The number of nitrogens with zero attached hydrogens (tertiary/aromatic N) is 1. The average molecular weight is 274 g/mol. The van der Waals surface area contributed by atoms with E-state index in [-0.39, 0.29) is 5.41 Å². The molecule has 1 aromatic rings. The van der Waals surface area contributed by atoms with Crippen molar-refractivity contribution in [3.63, 3.8) is 0 Å². The van der Waals surface area contributed by atoms with Gasteiger partial charge in [-0.1, -0.05) is 52.0 Å². The second kappa shape index (κ2) is 6.73. The van der Waals surface area contributed by atoms with E-state index in [1.54, 1.807) is 0 Å². The highest BCUT2D eigenvalue weighted by molar-refractivity contribution is 5.27. The van der Waals surface area contributed by atoms with E-state index in [1.807, 2.05) is 0 Å². The highest BCUT2D eigenvalue weighted by Gasteiger charge is 2.18. The number of benzene rings is 1. The van der Waals surface area contributed by atoms with Crippen molar-refractivity contribution in [3.8, 4) is 0 Å². The topological polar surface area (TPSA) is 15.3 Å². The smallest absolute Gasteiger partial charge is 0.0208 e. The van der Waals surface area contributed by atoms with Crippen LogP contribution in [-0.4, -0.2) is 30.6 Å². The molecule has 1 aromatic carbocycles. The average Bonchev–Trinajstić information content (AvgIpc) is 2.45. The van der Waals surface area contributed by atoms with Gasteiger partial charge < -0.3 is 10.2 Å². The molecule has 0 radical (unpaired) electrons. The number of rotatable bonds is 4. The van der Waals surface area contributed by atoms with Crippen LogP contribution in [0.15, 0.2) is 24.3 Å². The summed E-state index contributed by atoms with van der Waals surface area (Å²) in [4.78, 5) is 2.55. The molecule has 1 unspecified atom stereocenters. The molecule has 0 aromatic heterocycles. The summed E-state index contributed by atoms with van der Waals surface area (Å²) >= 11 is 0. The van der Waals surface area contributed by atoms with Gasteiger partial charge >= 0.3 is 0 Å². The minimum Gasteiger partial charge on any atom is -0.309 e. The zero-order valence-electron chi connectivity index (χ0n) is 13.6. The third-order valence-electron chi connectivity index (χ3n) is 4.37. The van der Waals surface area contributed by atoms with Crippen molar-refractivity contribution in [2.24, 2.45) is 0 Å². The van der Waals surface area contributed by atoms with Gasteiger partial charge in [-0.3, -0.25) is 0 Å². The minimum atomic E-state index is 0.247. The lowest BCUT2D eigenvalue weighted by atomic mass is 9.87. The lowest BCUT2D eigenvalue weighted by Gasteiger charge is -2.32. The van der Waals surface area contributed by atoms with E-state index in [9.17, 15) is 0 Å². The first-order valence-electron chi connectivity index (χ1n) is 8.04. The van der Waals surface area contributed by atoms with Crippen molar-refractivity contribution in [1.29, 1.82) is 0 Å². The summed E-state index contributed by atoms with van der Waals surface area (Å²) in [7, 11) is 0. The predicted molar refractivity (Wildman–Crippen MR) is 87.1 cm³/mol. The third kappa shape index (κ3) is 4.32. The van der Waals surface area contributed by atoms with E-state index in [0.717, 1.165) is 6.54 Å². The van der Waals surface area contributed by atoms with Gasteiger partial charge in [-0.25, -0.2) is 0 Å². The molecule has 20 heavy (non-hydrogen) atoms. The fourth-order valence-corrected chi connectivity index (χ4v) is 2.89. The Balaban J connectivity index is 1.85. The van der Waals surface area contributed by atoms with Crippen LogP contribution in [0.5, 0.6) is 0 Å². The Labute approximate surface area is 124 Å². The van der Waals surface area contributed by atoms with Crippen molar-refractivity contribution >= 4 is 0 Å². The number of likely N-dealkylation sites (N-methyl/N-ethyl adjacent to an activating group) is 1. The summed E-state index contributed by atoms with van der Waals surface area (Å²) in [6.45, 7) is 13.7. The monoisotopic (exact) mass is 274 g/mol. The van der Waals surface area contributed by atoms with Crippen LogP contribution >= 0.6 is 0 Å². The molecule has 0 bridgehead atoms. The second-order valence-corrected chi connectivity index (χ2v) is 7.06. The zero-order valence-corrected chi connectivity index (χ0v) is 13.6. The number of nitrogens with one attached hydrogen (secondary N) is 1. The molecule has 1 atom stereocenters. The van der Waals surface area contributed by atoms with Gasteiger partial charge in [0.15, 0.2) is 0 Å². The predicted octanol–water partition coefficient (Wildman–Crippen LogP) is 3.56. The number of hydrogen-bond donors (Lipinski definition) is 1. The molecule has 0 amide bonds. The summed E-state index contributed by atoms with van der Waals surface area (Å²) in [5.74, 6) is 0. The first kappa shape index (κ1) is 15.5. The van der Waals surface area contributed by atoms with Crippen LogP contribution < -0.4 is 5.32 Å². The van der Waals surface area contributed by atoms with Crippen LogP contribution in [0.4, 0.5) is 0 Å². The van der Waals surface area contributed by atoms with Crippen LogP contribution in [0, 0.1) is 0 Å². The highest BCUT2D eigenvalue weighted by Crippen LogP contribution is 2.22. The minimum absolute atomic E-state index is 0.247. The van der Waals surface area contributed by atoms with E-state index in [4.69, 9.17) is 0 Å². The molecule has 1 N–H and O–H groups in total. The maximum absolute atomic E-state index is 3.72. The standard InChI is InChI=1S/C18H30N2/c1-5-20-12-6-7-17(14-20)19-13-15-8-10-16(11-9-15)18(2,3)4/h8-11,17,19H,5-7,12-14H2,1-4H3. The molecule has 0 saturated carbocycles. The highest BCUT2D eigenvalue weighted by atomic mass is 15.2. The summed E-state index contributed by atoms with van der Waals surface area (Å²) < 4.78 is 0. The molecular weight excluding hydrogens is 244 g/mol. The Bertz CT molecular complexity index is 402. The second-order valence-electron chi connectivity index (χ2n) is 7.06. The summed E-state index contributed by atoms with van der Waals surface area (Å²) in [6.07, 6.45) is 2.64. The molecule has 2 rings (SSSR count). The maximum atomic E-state index is 3.72. The maximum Gasteiger partial charge on any atom is 0.0208 e. The molecule has 2 heteroatoms. The summed E-state index contributed by atoms with van der Waals surface area (Å²) in [5, 5.41) is 3.72. The lowest BCUT2D eigenvalue weighted by molar-refractivity contribution is 0.198. The van der Waals surface area contributed by atoms with E-state index >= 15 is 0 Å². The van der Waals surface area contributed by atoms with Gasteiger partial charge in [0.2, 0.25) is 0 Å². The van der Waals surface area contributed by atoms with Gasteiger partial charge in [-0.15, -0.1) is 0 Å². The third-order valence-corrected chi connectivity index (χ3v) is 4.37. The molecule has 0 spiro atoms. The van der Waals surface area contributed by atoms with Crippen molar-refractivity contribution in [2.45, 2.75) is 58.5 Å². The number of hydrogen-bond acceptors (Lipinski definition) is 2. The van der Waals surface area contributed by atoms with Gasteiger partial charge in [0.1, 0.15) is 0 Å². The Kier molecular flexibility index (Phi) is 5.22. The first-order chi connectivity index (χ1) is 9.49. The largest absolute Gasteiger partial charge is 0.309 e. The molecule has 1 aliphatic heterocycles. The van der Waals surface area contributed by atoms with Crippen LogP contribution in [0.1, 0.15) is 51.7 Å². The van der Waals surface area contributed by atoms with Gasteiger partial charge in [0.05, 0.1) is 0 Å². The van der Waals surface area contributed by atoms with E-state index in [2.05, 4.69) is 62.2 Å². The van der Waals surface area contributed by atoms with Gasteiger partial charge in [-0.05, 0) is 42.5 Å². The molecule has 1 fully saturated rings. The molecule has 1 aliphatic rings. The van der Waals surface area contributed by atoms with Crippen LogP contribution in [0.25, 0.3) is 0 Å². The molecule has 0 aliphatic carbocycles. The molecule has 1 saturated heterocycles. The SMILES string of the molecule is CCN1CCCC(NCc2ccc(C(C)(C)C)cc2)C1. The van der Waals surface area contributed by atoms with Gasteiger partial charge in [0, 0.05) is 19.1 Å². The molecular formula is C18H30N2. The Morgan fingerprint density at radius 1 is 1.20 bits per heavy atom. The van der Waals surface area contributed by atoms with Crippen molar-refractivity contribution in [3.05, 3.63) is 35.4 Å². The fraction of sp³-hybridized carbons (Fsp3) is 0.667. The molecule has 1 heterocycles. The molecule has 112 valence electrons. The van der Waals surface area contributed by atoms with E-state index < -0.39 is 0 Å². The molecule has 2 nitrogen and oxygen atoms in total. The lowest BCUT2D eigenvalue weighted by Crippen LogP contribution is -2.45. The zero-order chi connectivity index (χ0) is 14.6. The Morgan fingerprint density at radius 3 is 2.50 bits per heavy atom. The van der Waals surface area contributed by atoms with Crippen molar-refractivity contribution in [1.82, 2.24) is 10.2 Å². The van der Waals surface area contributed by atoms with Crippen LogP contribution in [0.3, 0.4) is 0 Å². The van der Waals surface area contributed by atoms with Crippen LogP contribution in [0.2, 0.25) is 0 Å².